The van der Waals surface area contributed by atoms with Crippen molar-refractivity contribution in [3.63, 3.8) is 0 Å². The summed E-state index contributed by atoms with van der Waals surface area (Å²) in [7, 11) is 0. The van der Waals surface area contributed by atoms with Gasteiger partial charge in [0, 0.05) is 6.20 Å². The van der Waals surface area contributed by atoms with Crippen molar-refractivity contribution in [2.45, 2.75) is 18.4 Å². The van der Waals surface area contributed by atoms with E-state index in [1.165, 1.54) is 12.3 Å². The molecule has 1 aliphatic carbocycles. The molecule has 1 saturated carbocycles. The Kier molecular flexibility index (Phi) is 2.32. The molecule has 0 saturated heterocycles. The number of nitrogens with zero attached hydrogens (tertiary/aromatic N) is 1. The highest BCUT2D eigenvalue weighted by Crippen LogP contribution is 2.38. The first-order valence-corrected chi connectivity index (χ1v) is 4.74. The average molecular weight is 208 g/mol. The van der Waals surface area contributed by atoms with E-state index in [-0.39, 0.29) is 17.7 Å². The first-order chi connectivity index (χ1) is 7.17. The maximum Gasteiger partial charge on any atom is 0.339 e. The quantitative estimate of drug-likeness (QED) is 0.679. The summed E-state index contributed by atoms with van der Waals surface area (Å²) in [6.07, 6.45) is 3.22. The fourth-order valence-corrected chi connectivity index (χ4v) is 1.40. The molecule has 0 aromatic carbocycles. The van der Waals surface area contributed by atoms with E-state index >= 15 is 0 Å². The summed E-state index contributed by atoms with van der Waals surface area (Å²) < 4.78 is 0. The summed E-state index contributed by atoms with van der Waals surface area (Å²) in [5, 5.41) is 21.0. The number of aliphatic hydroxyl groups is 1. The van der Waals surface area contributed by atoms with E-state index in [0.717, 1.165) is 12.8 Å². The van der Waals surface area contributed by atoms with Crippen molar-refractivity contribution in [2.75, 3.05) is 11.9 Å². The van der Waals surface area contributed by atoms with Crippen molar-refractivity contribution in [1.82, 2.24) is 4.98 Å². The second-order valence-electron chi connectivity index (χ2n) is 3.77. The number of aromatic nitrogens is 1. The van der Waals surface area contributed by atoms with Gasteiger partial charge in [-0.25, -0.2) is 9.78 Å². The predicted octanol–water partition coefficient (Wildman–Crippen LogP) is 0.717. The van der Waals surface area contributed by atoms with Crippen molar-refractivity contribution >= 4 is 11.8 Å². The highest BCUT2D eigenvalue weighted by Gasteiger charge is 2.42. The van der Waals surface area contributed by atoms with Gasteiger partial charge in [0.1, 0.15) is 11.4 Å². The lowest BCUT2D eigenvalue weighted by molar-refractivity contribution is 0.0697. The molecule has 0 radical (unpaired) electrons. The molecule has 2 rings (SSSR count). The summed E-state index contributed by atoms with van der Waals surface area (Å²) in [5.74, 6) is -0.684. The molecule has 1 heterocycles. The summed E-state index contributed by atoms with van der Waals surface area (Å²) >= 11 is 0. The topological polar surface area (TPSA) is 82.5 Å². The number of carboxylic acids is 1. The fourth-order valence-electron chi connectivity index (χ4n) is 1.40. The van der Waals surface area contributed by atoms with Gasteiger partial charge in [-0.05, 0) is 25.0 Å². The van der Waals surface area contributed by atoms with E-state index in [1.54, 1.807) is 6.07 Å². The van der Waals surface area contributed by atoms with E-state index in [1.807, 2.05) is 0 Å². The minimum atomic E-state index is -1.01. The smallest absolute Gasteiger partial charge is 0.339 e. The number of aliphatic hydroxyl groups excluding tert-OH is 1. The average Bonchev–Trinajstić information content (AvgIpc) is 2.99. The number of hydrogen-bond donors (Lipinski definition) is 3. The molecule has 0 spiro atoms. The number of pyridine rings is 1. The number of hydrogen-bond acceptors (Lipinski definition) is 4. The van der Waals surface area contributed by atoms with Crippen molar-refractivity contribution in [2.24, 2.45) is 0 Å². The molecule has 3 N–H and O–H groups in total. The Morgan fingerprint density at radius 1 is 1.60 bits per heavy atom. The highest BCUT2D eigenvalue weighted by atomic mass is 16.4. The third-order valence-corrected chi connectivity index (χ3v) is 2.58. The monoisotopic (exact) mass is 208 g/mol. The highest BCUT2D eigenvalue weighted by molar-refractivity contribution is 5.93. The van der Waals surface area contributed by atoms with Gasteiger partial charge in [-0.2, -0.15) is 0 Å². The van der Waals surface area contributed by atoms with Crippen molar-refractivity contribution in [1.29, 1.82) is 0 Å². The molecule has 0 aliphatic heterocycles. The van der Waals surface area contributed by atoms with Crippen molar-refractivity contribution in [3.8, 4) is 0 Å². The summed E-state index contributed by atoms with van der Waals surface area (Å²) in [6, 6.07) is 3.07. The van der Waals surface area contributed by atoms with Gasteiger partial charge in [-0.3, -0.25) is 0 Å². The standard InChI is InChI=1S/C10H12N2O3/c13-6-10(3-4-10)12-8-7(9(14)15)2-1-5-11-8/h1-2,5,13H,3-4,6H2,(H,11,12)(H,14,15). The first-order valence-electron chi connectivity index (χ1n) is 4.74. The molecular weight excluding hydrogens is 196 g/mol. The molecule has 0 unspecified atom stereocenters. The van der Waals surface area contributed by atoms with Crippen LogP contribution in [0.1, 0.15) is 23.2 Å². The number of carboxylic acid groups (broad SMARTS) is 1. The molecule has 15 heavy (non-hydrogen) atoms. The van der Waals surface area contributed by atoms with Crippen LogP contribution in [-0.2, 0) is 0 Å². The molecule has 1 fully saturated rings. The third kappa shape index (κ3) is 1.92. The van der Waals surface area contributed by atoms with Crippen LogP contribution >= 0.6 is 0 Å². The zero-order valence-corrected chi connectivity index (χ0v) is 8.10. The molecule has 1 aromatic heterocycles. The van der Waals surface area contributed by atoms with E-state index in [0.29, 0.717) is 5.82 Å². The van der Waals surface area contributed by atoms with Crippen LogP contribution in [0, 0.1) is 0 Å². The second-order valence-corrected chi connectivity index (χ2v) is 3.77. The van der Waals surface area contributed by atoms with Crippen LogP contribution in [0.2, 0.25) is 0 Å². The molecule has 0 atom stereocenters. The number of rotatable bonds is 4. The largest absolute Gasteiger partial charge is 0.478 e. The van der Waals surface area contributed by atoms with Crippen LogP contribution in [0.5, 0.6) is 0 Å². The van der Waals surface area contributed by atoms with Crippen LogP contribution in [-0.4, -0.2) is 33.3 Å². The third-order valence-electron chi connectivity index (χ3n) is 2.58. The molecule has 1 aliphatic rings. The number of anilines is 1. The van der Waals surface area contributed by atoms with Gasteiger partial charge in [0.05, 0.1) is 12.1 Å². The molecule has 5 heteroatoms. The summed E-state index contributed by atoms with van der Waals surface area (Å²) in [5.41, 5.74) is -0.212. The van der Waals surface area contributed by atoms with E-state index in [2.05, 4.69) is 10.3 Å². The van der Waals surface area contributed by atoms with Crippen LogP contribution in [0.3, 0.4) is 0 Å². The maximum atomic E-state index is 10.9. The Bertz CT molecular complexity index is 388. The normalized spacial score (nSPS) is 17.1. The molecule has 1 aromatic rings. The van der Waals surface area contributed by atoms with E-state index in [4.69, 9.17) is 10.2 Å². The minimum Gasteiger partial charge on any atom is -0.478 e. The van der Waals surface area contributed by atoms with Gasteiger partial charge >= 0.3 is 5.97 Å². The zero-order chi connectivity index (χ0) is 10.9. The maximum absolute atomic E-state index is 10.9. The lowest BCUT2D eigenvalue weighted by Crippen LogP contribution is -2.27. The summed E-state index contributed by atoms with van der Waals surface area (Å²) in [6.45, 7) is 0.00261. The Labute approximate surface area is 86.8 Å². The molecule has 5 nitrogen and oxygen atoms in total. The minimum absolute atomic E-state index is 0.00261. The number of carbonyl (C=O) groups is 1. The lowest BCUT2D eigenvalue weighted by Gasteiger charge is -2.16. The molecule has 80 valence electrons. The van der Waals surface area contributed by atoms with Gasteiger partial charge in [-0.15, -0.1) is 0 Å². The van der Waals surface area contributed by atoms with Crippen LogP contribution in [0.25, 0.3) is 0 Å². The Balaban J connectivity index is 2.24. The van der Waals surface area contributed by atoms with E-state index in [9.17, 15) is 4.79 Å². The van der Waals surface area contributed by atoms with Gasteiger partial charge in [0.2, 0.25) is 0 Å². The first kappa shape index (κ1) is 9.92. The second kappa shape index (κ2) is 3.51. The Morgan fingerprint density at radius 2 is 2.33 bits per heavy atom. The Hall–Kier alpha value is -1.62. The molecule has 0 bridgehead atoms. The Morgan fingerprint density at radius 3 is 2.87 bits per heavy atom. The van der Waals surface area contributed by atoms with Crippen molar-refractivity contribution in [3.05, 3.63) is 23.9 Å². The summed E-state index contributed by atoms with van der Waals surface area (Å²) in [4.78, 5) is 14.8. The van der Waals surface area contributed by atoms with Crippen LogP contribution in [0.4, 0.5) is 5.82 Å². The van der Waals surface area contributed by atoms with Gasteiger partial charge in [-0.1, -0.05) is 0 Å². The van der Waals surface area contributed by atoms with Gasteiger partial charge < -0.3 is 15.5 Å². The van der Waals surface area contributed by atoms with Crippen LogP contribution < -0.4 is 5.32 Å². The van der Waals surface area contributed by atoms with E-state index < -0.39 is 5.97 Å². The van der Waals surface area contributed by atoms with Crippen LogP contribution in [0.15, 0.2) is 18.3 Å². The number of aromatic carboxylic acids is 1. The van der Waals surface area contributed by atoms with Crippen molar-refractivity contribution < 1.29 is 15.0 Å². The van der Waals surface area contributed by atoms with Gasteiger partial charge in [0.15, 0.2) is 0 Å². The SMILES string of the molecule is O=C(O)c1cccnc1NC1(CO)CC1. The zero-order valence-electron chi connectivity index (χ0n) is 8.10. The lowest BCUT2D eigenvalue weighted by atomic mass is 10.2. The fraction of sp³-hybridized carbons (Fsp3) is 0.400. The predicted molar refractivity (Wildman–Crippen MR) is 53.9 cm³/mol. The number of nitrogens with one attached hydrogen (secondary N) is 1. The van der Waals surface area contributed by atoms with Gasteiger partial charge in [0.25, 0.3) is 0 Å². The molecule has 0 amide bonds. The molecular formula is C10H12N2O3.